The number of thiocarbonyl (C=S) groups is 1. The van der Waals surface area contributed by atoms with Crippen LogP contribution in [-0.4, -0.2) is 34.9 Å². The van der Waals surface area contributed by atoms with Crippen LogP contribution in [0.3, 0.4) is 0 Å². The molecule has 1 fully saturated rings. The molecule has 1 heterocycles. The summed E-state index contributed by atoms with van der Waals surface area (Å²) >= 11 is 12.9. The van der Waals surface area contributed by atoms with Crippen LogP contribution in [0.2, 0.25) is 5.02 Å². The van der Waals surface area contributed by atoms with Crippen molar-refractivity contribution in [3.8, 4) is 11.5 Å². The smallest absolute Gasteiger partial charge is 0.266 e. The molecule has 1 aliphatic rings. The van der Waals surface area contributed by atoms with Crippen LogP contribution >= 0.6 is 35.6 Å². The van der Waals surface area contributed by atoms with E-state index in [2.05, 4.69) is 12.6 Å². The van der Waals surface area contributed by atoms with Crippen molar-refractivity contribution in [2.24, 2.45) is 0 Å². The van der Waals surface area contributed by atoms with Crippen molar-refractivity contribution in [3.63, 3.8) is 0 Å². The molecule has 7 heteroatoms. The molecule has 0 radical (unpaired) electrons. The Morgan fingerprint density at radius 3 is 2.50 bits per heavy atom. The zero-order valence-electron chi connectivity index (χ0n) is 16.8. The number of nitrogens with zero attached hydrogens (tertiary/aromatic N) is 1. The van der Waals surface area contributed by atoms with E-state index in [1.807, 2.05) is 32.0 Å². The van der Waals surface area contributed by atoms with E-state index in [9.17, 15) is 4.79 Å². The number of carbonyl (C=O) groups excluding carboxylic acids is 1. The van der Waals surface area contributed by atoms with E-state index in [4.69, 9.17) is 33.3 Å². The second-order valence-electron chi connectivity index (χ2n) is 6.74. The lowest BCUT2D eigenvalue weighted by Gasteiger charge is -2.12. The highest BCUT2D eigenvalue weighted by Crippen LogP contribution is 2.34. The van der Waals surface area contributed by atoms with Crippen LogP contribution in [0.25, 0.3) is 6.08 Å². The normalized spacial score (nSPS) is 15.0. The van der Waals surface area contributed by atoms with Gasteiger partial charge in [0, 0.05) is 6.54 Å². The molecule has 0 saturated carbocycles. The second-order valence-corrected chi connectivity index (χ2v) is 8.82. The molecule has 0 spiro atoms. The first kappa shape index (κ1) is 22.4. The molecule has 0 N–H and O–H groups in total. The van der Waals surface area contributed by atoms with Crippen molar-refractivity contribution in [2.45, 2.75) is 13.8 Å². The van der Waals surface area contributed by atoms with Gasteiger partial charge in [0.1, 0.15) is 29.0 Å². The fourth-order valence-electron chi connectivity index (χ4n) is 2.93. The highest BCUT2D eigenvalue weighted by atomic mass is 35.5. The maximum atomic E-state index is 12.4. The predicted molar refractivity (Wildman–Crippen MR) is 128 cm³/mol. The molecule has 3 rings (SSSR count). The van der Waals surface area contributed by atoms with Gasteiger partial charge in [-0.15, -0.1) is 6.58 Å². The first-order valence-electron chi connectivity index (χ1n) is 9.37. The summed E-state index contributed by atoms with van der Waals surface area (Å²) in [5.41, 5.74) is 3.10. The third-order valence-corrected chi connectivity index (χ3v) is 6.04. The van der Waals surface area contributed by atoms with Gasteiger partial charge in [-0.25, -0.2) is 0 Å². The van der Waals surface area contributed by atoms with Crippen molar-refractivity contribution in [3.05, 3.63) is 75.7 Å². The van der Waals surface area contributed by atoms with Crippen LogP contribution in [0.1, 0.15) is 16.7 Å². The van der Waals surface area contributed by atoms with Crippen LogP contribution < -0.4 is 9.47 Å². The lowest BCUT2D eigenvalue weighted by atomic mass is 10.1. The van der Waals surface area contributed by atoms with Gasteiger partial charge >= 0.3 is 0 Å². The molecule has 0 bridgehead atoms. The number of carbonyl (C=O) groups is 1. The van der Waals surface area contributed by atoms with Crippen LogP contribution in [0, 0.1) is 13.8 Å². The van der Waals surface area contributed by atoms with Crippen LogP contribution in [0.15, 0.2) is 54.0 Å². The van der Waals surface area contributed by atoms with E-state index in [1.165, 1.54) is 22.2 Å². The number of rotatable bonds is 8. The largest absolute Gasteiger partial charge is 0.490 e. The van der Waals surface area contributed by atoms with Gasteiger partial charge in [-0.2, -0.15) is 0 Å². The minimum atomic E-state index is -0.120. The molecule has 1 aliphatic heterocycles. The van der Waals surface area contributed by atoms with Crippen LogP contribution in [-0.2, 0) is 4.79 Å². The van der Waals surface area contributed by atoms with Crippen LogP contribution in [0.4, 0.5) is 0 Å². The molecular weight excluding hydrogens is 438 g/mol. The number of hydrogen-bond acceptors (Lipinski definition) is 5. The monoisotopic (exact) mass is 459 g/mol. The predicted octanol–water partition coefficient (Wildman–Crippen LogP) is 5.80. The molecule has 30 heavy (non-hydrogen) atoms. The number of amides is 1. The molecular formula is C23H22ClNO3S2. The lowest BCUT2D eigenvalue weighted by Crippen LogP contribution is -2.27. The molecule has 1 amide bonds. The minimum absolute atomic E-state index is 0.120. The van der Waals surface area contributed by atoms with Crippen molar-refractivity contribution in [1.82, 2.24) is 4.90 Å². The van der Waals surface area contributed by atoms with E-state index in [1.54, 1.807) is 24.3 Å². The number of ether oxygens (including phenoxy) is 2. The fourth-order valence-corrected chi connectivity index (χ4v) is 4.44. The van der Waals surface area contributed by atoms with Gasteiger partial charge in [-0.3, -0.25) is 9.69 Å². The Balaban J connectivity index is 1.58. The maximum Gasteiger partial charge on any atom is 0.266 e. The van der Waals surface area contributed by atoms with Gasteiger partial charge in [0.15, 0.2) is 0 Å². The molecule has 0 aromatic heterocycles. The summed E-state index contributed by atoms with van der Waals surface area (Å²) in [7, 11) is 0. The summed E-state index contributed by atoms with van der Waals surface area (Å²) in [6, 6.07) is 11.5. The molecule has 1 saturated heterocycles. The third kappa shape index (κ3) is 5.45. The Kier molecular flexibility index (Phi) is 7.58. The molecule has 156 valence electrons. The van der Waals surface area contributed by atoms with Gasteiger partial charge < -0.3 is 9.47 Å². The Morgan fingerprint density at radius 2 is 1.83 bits per heavy atom. The topological polar surface area (TPSA) is 38.8 Å². The van der Waals surface area contributed by atoms with E-state index in [0.717, 1.165) is 16.9 Å². The highest BCUT2D eigenvalue weighted by molar-refractivity contribution is 8.26. The lowest BCUT2D eigenvalue weighted by molar-refractivity contribution is -0.121. The average Bonchev–Trinajstić information content (AvgIpc) is 2.96. The molecule has 2 aromatic carbocycles. The Bertz CT molecular complexity index is 1020. The molecule has 2 aromatic rings. The van der Waals surface area contributed by atoms with E-state index < -0.39 is 0 Å². The molecule has 0 aliphatic carbocycles. The average molecular weight is 460 g/mol. The number of hydrogen-bond donors (Lipinski definition) is 0. The Hall–Kier alpha value is -2.28. The minimum Gasteiger partial charge on any atom is -0.490 e. The zero-order valence-corrected chi connectivity index (χ0v) is 19.2. The van der Waals surface area contributed by atoms with E-state index >= 15 is 0 Å². The van der Waals surface area contributed by atoms with Gasteiger partial charge in [0.2, 0.25) is 0 Å². The van der Waals surface area contributed by atoms with Crippen molar-refractivity contribution >= 4 is 51.9 Å². The molecule has 0 unspecified atom stereocenters. The summed E-state index contributed by atoms with van der Waals surface area (Å²) in [6.07, 6.45) is 3.43. The Morgan fingerprint density at radius 1 is 1.13 bits per heavy atom. The third-order valence-electron chi connectivity index (χ3n) is 4.37. The fraction of sp³-hybridized carbons (Fsp3) is 0.217. The van der Waals surface area contributed by atoms with Gasteiger partial charge in [0.05, 0.1) is 9.93 Å². The van der Waals surface area contributed by atoms with Crippen molar-refractivity contribution < 1.29 is 14.3 Å². The second kappa shape index (κ2) is 10.2. The number of aryl methyl sites for hydroxylation is 2. The number of benzene rings is 2. The summed E-state index contributed by atoms with van der Waals surface area (Å²) in [5.74, 6) is 1.29. The van der Waals surface area contributed by atoms with Crippen LogP contribution in [0.5, 0.6) is 11.5 Å². The van der Waals surface area contributed by atoms with Gasteiger partial charge in [0.25, 0.3) is 5.91 Å². The van der Waals surface area contributed by atoms with Crippen molar-refractivity contribution in [1.29, 1.82) is 0 Å². The summed E-state index contributed by atoms with van der Waals surface area (Å²) in [5, 5.41) is 0.469. The molecule has 4 nitrogen and oxygen atoms in total. The summed E-state index contributed by atoms with van der Waals surface area (Å²) in [6.45, 7) is 8.90. The SMILES string of the molecule is C=CCN1C(=O)C(=Cc2ccc(OCCOc3ccc(C)cc3C)c(Cl)c2)SC1=S. The first-order valence-corrected chi connectivity index (χ1v) is 11.0. The number of thioether (sulfide) groups is 1. The number of halogens is 1. The zero-order chi connectivity index (χ0) is 21.7. The summed E-state index contributed by atoms with van der Waals surface area (Å²) in [4.78, 5) is 14.5. The standard InChI is InChI=1S/C23H22ClNO3S2/c1-4-9-25-22(26)21(30-23(25)29)14-17-6-8-20(18(24)13-17)28-11-10-27-19-7-5-15(2)12-16(19)3/h4-8,12-14H,1,9-11H2,2-3H3. The quantitative estimate of drug-likeness (QED) is 0.216. The van der Waals surface area contributed by atoms with E-state index in [-0.39, 0.29) is 5.91 Å². The van der Waals surface area contributed by atoms with Gasteiger partial charge in [-0.1, -0.05) is 65.4 Å². The highest BCUT2D eigenvalue weighted by Gasteiger charge is 2.30. The Labute approximate surface area is 191 Å². The summed E-state index contributed by atoms with van der Waals surface area (Å²) < 4.78 is 12.0. The maximum absolute atomic E-state index is 12.4. The first-order chi connectivity index (χ1) is 14.4. The molecule has 0 atom stereocenters. The van der Waals surface area contributed by atoms with Gasteiger partial charge in [-0.05, 0) is 49.2 Å². The van der Waals surface area contributed by atoms with Crippen molar-refractivity contribution in [2.75, 3.05) is 19.8 Å². The van der Waals surface area contributed by atoms with E-state index in [0.29, 0.717) is 39.8 Å².